The Balaban J connectivity index is 2.18. The Kier molecular flexibility index (Phi) is 3.81. The van der Waals surface area contributed by atoms with Crippen LogP contribution in [0, 0.1) is 0 Å². The highest BCUT2D eigenvalue weighted by Gasteiger charge is 2.18. The molecular weight excluding hydrogens is 250 g/mol. The molecule has 2 heteroatoms. The van der Waals surface area contributed by atoms with Gasteiger partial charge in [-0.25, -0.2) is 0 Å². The van der Waals surface area contributed by atoms with Crippen LogP contribution in [0.4, 0.5) is 0 Å². The van der Waals surface area contributed by atoms with Gasteiger partial charge in [0.25, 0.3) is 0 Å². The van der Waals surface area contributed by atoms with Crippen molar-refractivity contribution in [1.29, 1.82) is 0 Å². The van der Waals surface area contributed by atoms with E-state index in [0.29, 0.717) is 0 Å². The summed E-state index contributed by atoms with van der Waals surface area (Å²) in [7, 11) is 0. The number of hydrogen-bond acceptors (Lipinski definition) is 1. The van der Waals surface area contributed by atoms with Gasteiger partial charge < -0.3 is 5.73 Å². The molecule has 1 nitrogen and oxygen atoms in total. The van der Waals surface area contributed by atoms with Crippen molar-refractivity contribution in [3.63, 3.8) is 0 Å². The van der Waals surface area contributed by atoms with Crippen LogP contribution >= 0.6 is 15.9 Å². The lowest BCUT2D eigenvalue weighted by atomic mass is 9.96. The van der Waals surface area contributed by atoms with E-state index in [4.69, 9.17) is 5.73 Å². The molecule has 0 saturated heterocycles. The molecule has 2 N–H and O–H groups in total. The van der Waals surface area contributed by atoms with E-state index < -0.39 is 0 Å². The number of benzene rings is 1. The number of rotatable bonds is 3. The first-order valence-corrected chi connectivity index (χ1v) is 6.59. The molecular formula is C13H18BrN. The van der Waals surface area contributed by atoms with Gasteiger partial charge in [0.2, 0.25) is 0 Å². The standard InChI is InChI=1S/C13H18BrN/c14-13-9-10(7-8-15)5-6-12(13)11-3-1-2-4-11/h5-6,9,11H,1-4,7-8,15H2. The van der Waals surface area contributed by atoms with Crippen molar-refractivity contribution < 1.29 is 0 Å². The summed E-state index contributed by atoms with van der Waals surface area (Å²) in [5, 5.41) is 0. The van der Waals surface area contributed by atoms with Crippen LogP contribution in [-0.2, 0) is 6.42 Å². The van der Waals surface area contributed by atoms with Crippen molar-refractivity contribution in [2.45, 2.75) is 38.0 Å². The molecule has 1 aliphatic rings. The summed E-state index contributed by atoms with van der Waals surface area (Å²) in [6.07, 6.45) is 6.47. The molecule has 0 bridgehead atoms. The maximum absolute atomic E-state index is 5.56. The average Bonchev–Trinajstić information content (AvgIpc) is 2.71. The fraction of sp³-hybridized carbons (Fsp3) is 0.538. The summed E-state index contributed by atoms with van der Waals surface area (Å²) in [6, 6.07) is 6.75. The average molecular weight is 268 g/mol. The Morgan fingerprint density at radius 2 is 2.00 bits per heavy atom. The van der Waals surface area contributed by atoms with Crippen molar-refractivity contribution in [2.24, 2.45) is 5.73 Å². The zero-order chi connectivity index (χ0) is 10.7. The number of nitrogens with two attached hydrogens (primary N) is 1. The SMILES string of the molecule is NCCc1ccc(C2CCCC2)c(Br)c1. The van der Waals surface area contributed by atoms with Gasteiger partial charge >= 0.3 is 0 Å². The van der Waals surface area contributed by atoms with Crippen molar-refractivity contribution in [2.75, 3.05) is 6.54 Å². The second kappa shape index (κ2) is 5.13. The minimum absolute atomic E-state index is 0.731. The molecule has 1 fully saturated rings. The van der Waals surface area contributed by atoms with Crippen LogP contribution < -0.4 is 5.73 Å². The normalized spacial score (nSPS) is 17.2. The molecule has 0 amide bonds. The topological polar surface area (TPSA) is 26.0 Å². The van der Waals surface area contributed by atoms with Crippen LogP contribution in [-0.4, -0.2) is 6.54 Å². The van der Waals surface area contributed by atoms with Crippen molar-refractivity contribution in [3.05, 3.63) is 33.8 Å². The zero-order valence-electron chi connectivity index (χ0n) is 9.01. The van der Waals surface area contributed by atoms with Crippen LogP contribution in [0.25, 0.3) is 0 Å². The summed E-state index contributed by atoms with van der Waals surface area (Å²) < 4.78 is 1.28. The smallest absolute Gasteiger partial charge is 0.0212 e. The van der Waals surface area contributed by atoms with Gasteiger partial charge in [-0.15, -0.1) is 0 Å². The Morgan fingerprint density at radius 3 is 2.60 bits per heavy atom. The minimum atomic E-state index is 0.731. The second-order valence-corrected chi connectivity index (χ2v) is 5.23. The van der Waals surface area contributed by atoms with Gasteiger partial charge in [-0.05, 0) is 48.9 Å². The molecule has 0 radical (unpaired) electrons. The summed E-state index contributed by atoms with van der Waals surface area (Å²) in [5.41, 5.74) is 8.39. The van der Waals surface area contributed by atoms with E-state index in [9.17, 15) is 0 Å². The van der Waals surface area contributed by atoms with E-state index in [2.05, 4.69) is 34.1 Å². The van der Waals surface area contributed by atoms with Crippen LogP contribution in [0.1, 0.15) is 42.7 Å². The predicted octanol–water partition coefficient (Wildman–Crippen LogP) is 3.61. The van der Waals surface area contributed by atoms with Crippen molar-refractivity contribution in [3.8, 4) is 0 Å². The lowest BCUT2D eigenvalue weighted by Crippen LogP contribution is -2.03. The van der Waals surface area contributed by atoms with Crippen LogP contribution in [0.3, 0.4) is 0 Å². The maximum atomic E-state index is 5.56. The van der Waals surface area contributed by atoms with E-state index in [1.54, 1.807) is 0 Å². The minimum Gasteiger partial charge on any atom is -0.330 e. The van der Waals surface area contributed by atoms with E-state index in [1.165, 1.54) is 41.3 Å². The molecule has 0 aliphatic heterocycles. The highest BCUT2D eigenvalue weighted by atomic mass is 79.9. The molecule has 1 saturated carbocycles. The Bertz CT molecular complexity index is 329. The Labute approximate surface area is 100 Å². The second-order valence-electron chi connectivity index (χ2n) is 4.38. The first kappa shape index (κ1) is 11.2. The van der Waals surface area contributed by atoms with E-state index in [0.717, 1.165) is 18.9 Å². The molecule has 1 aliphatic carbocycles. The largest absolute Gasteiger partial charge is 0.330 e. The monoisotopic (exact) mass is 267 g/mol. The zero-order valence-corrected chi connectivity index (χ0v) is 10.6. The Hall–Kier alpha value is -0.340. The van der Waals surface area contributed by atoms with Gasteiger partial charge in [0.1, 0.15) is 0 Å². The highest BCUT2D eigenvalue weighted by molar-refractivity contribution is 9.10. The Morgan fingerprint density at radius 1 is 1.27 bits per heavy atom. The summed E-state index contributed by atoms with van der Waals surface area (Å²) >= 11 is 3.69. The van der Waals surface area contributed by atoms with Gasteiger partial charge in [0.15, 0.2) is 0 Å². The molecule has 0 spiro atoms. The van der Waals surface area contributed by atoms with Gasteiger partial charge in [0, 0.05) is 4.47 Å². The summed E-state index contributed by atoms with van der Waals surface area (Å²) in [6.45, 7) is 0.731. The number of halogens is 1. The summed E-state index contributed by atoms with van der Waals surface area (Å²) in [4.78, 5) is 0. The molecule has 0 unspecified atom stereocenters. The fourth-order valence-corrected chi connectivity index (χ4v) is 3.21. The van der Waals surface area contributed by atoms with Crippen molar-refractivity contribution in [1.82, 2.24) is 0 Å². The molecule has 82 valence electrons. The van der Waals surface area contributed by atoms with Gasteiger partial charge in [-0.1, -0.05) is 40.9 Å². The van der Waals surface area contributed by atoms with Gasteiger partial charge in [-0.3, -0.25) is 0 Å². The third-order valence-electron chi connectivity index (χ3n) is 3.29. The van der Waals surface area contributed by atoms with Crippen LogP contribution in [0.5, 0.6) is 0 Å². The predicted molar refractivity (Wildman–Crippen MR) is 68.1 cm³/mol. The van der Waals surface area contributed by atoms with Crippen LogP contribution in [0.15, 0.2) is 22.7 Å². The first-order chi connectivity index (χ1) is 7.31. The molecule has 0 heterocycles. The lowest BCUT2D eigenvalue weighted by molar-refractivity contribution is 0.719. The third kappa shape index (κ3) is 2.61. The van der Waals surface area contributed by atoms with Gasteiger partial charge in [-0.2, -0.15) is 0 Å². The fourth-order valence-electron chi connectivity index (χ4n) is 2.46. The molecule has 1 aromatic carbocycles. The van der Waals surface area contributed by atoms with E-state index in [-0.39, 0.29) is 0 Å². The summed E-state index contributed by atoms with van der Waals surface area (Å²) in [5.74, 6) is 0.784. The third-order valence-corrected chi connectivity index (χ3v) is 3.98. The molecule has 1 aromatic rings. The number of hydrogen-bond donors (Lipinski definition) is 1. The first-order valence-electron chi connectivity index (χ1n) is 5.79. The van der Waals surface area contributed by atoms with Crippen molar-refractivity contribution >= 4 is 15.9 Å². The maximum Gasteiger partial charge on any atom is 0.0212 e. The highest BCUT2D eigenvalue weighted by Crippen LogP contribution is 2.37. The molecule has 15 heavy (non-hydrogen) atoms. The lowest BCUT2D eigenvalue weighted by Gasteiger charge is -2.13. The molecule has 0 atom stereocenters. The molecule has 0 aromatic heterocycles. The van der Waals surface area contributed by atoms with E-state index >= 15 is 0 Å². The quantitative estimate of drug-likeness (QED) is 0.890. The van der Waals surface area contributed by atoms with Crippen LogP contribution in [0.2, 0.25) is 0 Å². The molecule has 2 rings (SSSR count). The van der Waals surface area contributed by atoms with Gasteiger partial charge in [0.05, 0.1) is 0 Å². The van der Waals surface area contributed by atoms with E-state index in [1.807, 2.05) is 0 Å².